The standard InChI is InChI=1S/C43H37NO6/c1-25-9-8-14-32(39(25)47)38-30-19-20-31-37(42(50)44(41(31)49)22-21-26-15-17-29(45)18-16-26)34(30)23-35-40(48)33(27-10-4-2-5-11-27)24-36(46)43(35,38)28-12-6-3-7-13-28/h2-19,24,31,34-35,37-38,45,47H,20-23H2,1H3. The molecule has 0 aromatic heterocycles. The van der Waals surface area contributed by atoms with E-state index in [9.17, 15) is 24.6 Å². The topological polar surface area (TPSA) is 112 Å². The Hall–Kier alpha value is -5.56. The van der Waals surface area contributed by atoms with Crippen LogP contribution in [0.2, 0.25) is 0 Å². The molecule has 7 heteroatoms. The summed E-state index contributed by atoms with van der Waals surface area (Å²) < 4.78 is 0. The van der Waals surface area contributed by atoms with E-state index >= 15 is 4.79 Å². The molecule has 0 radical (unpaired) electrons. The van der Waals surface area contributed by atoms with Crippen molar-refractivity contribution < 1.29 is 29.4 Å². The van der Waals surface area contributed by atoms with E-state index in [-0.39, 0.29) is 47.8 Å². The normalized spacial score (nSPS) is 27.3. The molecule has 0 spiro atoms. The van der Waals surface area contributed by atoms with Gasteiger partial charge >= 0.3 is 0 Å². The number of nitrogens with zero attached hydrogens (tertiary/aromatic N) is 1. The molecule has 2 fully saturated rings. The van der Waals surface area contributed by atoms with Crippen LogP contribution in [-0.2, 0) is 31.0 Å². The van der Waals surface area contributed by atoms with Crippen LogP contribution in [0.4, 0.5) is 0 Å². The van der Waals surface area contributed by atoms with Crippen LogP contribution in [-0.4, -0.2) is 45.0 Å². The molecule has 0 bridgehead atoms. The van der Waals surface area contributed by atoms with Gasteiger partial charge in [0.2, 0.25) is 11.8 Å². The molecule has 2 amide bonds. The Morgan fingerprint density at radius 2 is 1.48 bits per heavy atom. The monoisotopic (exact) mass is 663 g/mol. The summed E-state index contributed by atoms with van der Waals surface area (Å²) in [6.45, 7) is 2.01. The number of likely N-dealkylation sites (tertiary alicyclic amines) is 1. The zero-order valence-corrected chi connectivity index (χ0v) is 27.7. The number of Topliss-reactive ketones (excluding diaryl/α,β-unsaturated/α-hetero) is 1. The first kappa shape index (κ1) is 31.7. The van der Waals surface area contributed by atoms with E-state index in [1.54, 1.807) is 24.3 Å². The number of hydrogen-bond acceptors (Lipinski definition) is 6. The van der Waals surface area contributed by atoms with Gasteiger partial charge in [-0.25, -0.2) is 0 Å². The number of aryl methyl sites for hydroxylation is 1. The van der Waals surface area contributed by atoms with Gasteiger partial charge < -0.3 is 10.2 Å². The van der Waals surface area contributed by atoms with E-state index in [0.717, 1.165) is 11.1 Å². The van der Waals surface area contributed by atoms with Crippen molar-refractivity contribution in [2.45, 2.75) is 37.5 Å². The summed E-state index contributed by atoms with van der Waals surface area (Å²) in [5.41, 5.74) is 3.18. The van der Waals surface area contributed by atoms with Gasteiger partial charge in [-0.3, -0.25) is 24.1 Å². The first-order valence-electron chi connectivity index (χ1n) is 17.2. The van der Waals surface area contributed by atoms with Crippen LogP contribution in [0, 0.1) is 30.6 Å². The van der Waals surface area contributed by atoms with Crippen molar-refractivity contribution in [3.8, 4) is 11.5 Å². The third-order valence-electron chi connectivity index (χ3n) is 11.6. The fraction of sp³-hybridized carbons (Fsp3) is 0.256. The number of allylic oxidation sites excluding steroid dienone is 4. The molecule has 7 nitrogen and oxygen atoms in total. The highest BCUT2D eigenvalue weighted by Crippen LogP contribution is 2.64. The third-order valence-corrected chi connectivity index (χ3v) is 11.6. The van der Waals surface area contributed by atoms with Crippen molar-refractivity contribution in [3.05, 3.63) is 149 Å². The third kappa shape index (κ3) is 4.71. The molecule has 6 atom stereocenters. The largest absolute Gasteiger partial charge is 0.508 e. The van der Waals surface area contributed by atoms with Gasteiger partial charge in [-0.15, -0.1) is 0 Å². The second-order valence-corrected chi connectivity index (χ2v) is 14.0. The van der Waals surface area contributed by atoms with Crippen molar-refractivity contribution in [2.24, 2.45) is 23.7 Å². The molecule has 1 aliphatic heterocycles. The lowest BCUT2D eigenvalue weighted by Gasteiger charge is -2.55. The molecular formula is C43H37NO6. The van der Waals surface area contributed by atoms with Crippen molar-refractivity contribution in [2.75, 3.05) is 6.54 Å². The summed E-state index contributed by atoms with van der Waals surface area (Å²) >= 11 is 0. The van der Waals surface area contributed by atoms with E-state index < -0.39 is 35.0 Å². The van der Waals surface area contributed by atoms with Crippen molar-refractivity contribution >= 4 is 29.0 Å². The summed E-state index contributed by atoms with van der Waals surface area (Å²) in [4.78, 5) is 59.8. The molecule has 2 N–H and O–H groups in total. The number of phenols is 2. The first-order chi connectivity index (χ1) is 24.2. The van der Waals surface area contributed by atoms with Crippen LogP contribution in [0.3, 0.4) is 0 Å². The number of ketones is 2. The van der Waals surface area contributed by atoms with E-state index in [1.807, 2.05) is 91.9 Å². The lowest BCUT2D eigenvalue weighted by atomic mass is 9.44. The predicted molar refractivity (Wildman–Crippen MR) is 188 cm³/mol. The minimum atomic E-state index is -1.39. The smallest absolute Gasteiger partial charge is 0.233 e. The number of fused-ring (bicyclic) bond motifs is 4. The lowest BCUT2D eigenvalue weighted by Crippen LogP contribution is -2.58. The predicted octanol–water partition coefficient (Wildman–Crippen LogP) is 6.47. The van der Waals surface area contributed by atoms with Gasteiger partial charge in [0.25, 0.3) is 0 Å². The maximum atomic E-state index is 15.1. The molecule has 3 aliphatic carbocycles. The average molecular weight is 664 g/mol. The maximum Gasteiger partial charge on any atom is 0.233 e. The molecule has 50 heavy (non-hydrogen) atoms. The Morgan fingerprint density at radius 3 is 2.20 bits per heavy atom. The van der Waals surface area contributed by atoms with Gasteiger partial charge in [-0.2, -0.15) is 0 Å². The lowest BCUT2D eigenvalue weighted by molar-refractivity contribution is -0.140. The van der Waals surface area contributed by atoms with Crippen LogP contribution in [0.15, 0.2) is 121 Å². The molecule has 1 heterocycles. The Morgan fingerprint density at radius 1 is 0.780 bits per heavy atom. The maximum absolute atomic E-state index is 15.1. The SMILES string of the molecule is Cc1cccc(C2C3=CCC4C(=O)N(CCc5ccc(O)cc5)C(=O)C4C3CC3C(=O)C(c4ccccc4)=CC(=O)C32c2ccccc2)c1O. The highest BCUT2D eigenvalue weighted by Gasteiger charge is 2.66. The fourth-order valence-electron chi connectivity index (χ4n) is 9.32. The quantitative estimate of drug-likeness (QED) is 0.181. The zero-order chi connectivity index (χ0) is 34.7. The number of imide groups is 1. The van der Waals surface area contributed by atoms with Crippen molar-refractivity contribution in [1.29, 1.82) is 0 Å². The minimum absolute atomic E-state index is 0.0534. The molecule has 1 saturated carbocycles. The highest BCUT2D eigenvalue weighted by molar-refractivity contribution is 6.31. The van der Waals surface area contributed by atoms with Gasteiger partial charge in [0.1, 0.15) is 11.5 Å². The van der Waals surface area contributed by atoms with E-state index in [1.165, 1.54) is 11.0 Å². The van der Waals surface area contributed by atoms with Crippen molar-refractivity contribution in [3.63, 3.8) is 0 Å². The van der Waals surface area contributed by atoms with Gasteiger partial charge in [0, 0.05) is 29.5 Å². The Bertz CT molecular complexity index is 2100. The molecule has 250 valence electrons. The minimum Gasteiger partial charge on any atom is -0.508 e. The Kier molecular flexibility index (Phi) is 7.66. The number of aromatic hydroxyl groups is 2. The van der Waals surface area contributed by atoms with Crippen LogP contribution < -0.4 is 0 Å². The summed E-state index contributed by atoms with van der Waals surface area (Å²) in [7, 11) is 0. The van der Waals surface area contributed by atoms with E-state index in [2.05, 4.69) is 0 Å². The average Bonchev–Trinajstić information content (AvgIpc) is 3.38. The van der Waals surface area contributed by atoms with Crippen LogP contribution in [0.5, 0.6) is 11.5 Å². The molecule has 6 unspecified atom stereocenters. The fourth-order valence-corrected chi connectivity index (χ4v) is 9.32. The Balaban J connectivity index is 1.29. The van der Waals surface area contributed by atoms with Gasteiger partial charge in [0.05, 0.1) is 17.3 Å². The van der Waals surface area contributed by atoms with Crippen LogP contribution in [0.1, 0.15) is 46.6 Å². The molecule has 4 aromatic carbocycles. The second-order valence-electron chi connectivity index (χ2n) is 14.0. The summed E-state index contributed by atoms with van der Waals surface area (Å²) in [6, 6.07) is 30.8. The molecule has 4 aliphatic rings. The van der Waals surface area contributed by atoms with Crippen molar-refractivity contribution in [1.82, 2.24) is 4.90 Å². The number of hydrogen-bond donors (Lipinski definition) is 2. The number of carbonyl (C=O) groups excluding carboxylic acids is 4. The number of carbonyl (C=O) groups is 4. The summed E-state index contributed by atoms with van der Waals surface area (Å²) in [6.07, 6.45) is 4.48. The van der Waals surface area contributed by atoms with Gasteiger partial charge in [0.15, 0.2) is 11.6 Å². The van der Waals surface area contributed by atoms with Crippen LogP contribution >= 0.6 is 0 Å². The first-order valence-corrected chi connectivity index (χ1v) is 17.2. The number of benzene rings is 4. The second kappa shape index (κ2) is 12.1. The van der Waals surface area contributed by atoms with Crippen LogP contribution in [0.25, 0.3) is 5.57 Å². The molecular weight excluding hydrogens is 626 g/mol. The van der Waals surface area contributed by atoms with Gasteiger partial charge in [-0.05, 0) is 72.6 Å². The Labute approximate surface area is 290 Å². The molecule has 1 saturated heterocycles. The zero-order valence-electron chi connectivity index (χ0n) is 27.7. The number of amides is 2. The number of rotatable bonds is 6. The van der Waals surface area contributed by atoms with E-state index in [4.69, 9.17) is 0 Å². The number of para-hydroxylation sites is 1. The van der Waals surface area contributed by atoms with E-state index in [0.29, 0.717) is 40.7 Å². The highest BCUT2D eigenvalue weighted by atomic mass is 16.3. The summed E-state index contributed by atoms with van der Waals surface area (Å²) in [5.74, 6) is -4.08. The molecule has 4 aromatic rings. The van der Waals surface area contributed by atoms with Gasteiger partial charge in [-0.1, -0.05) is 103 Å². The summed E-state index contributed by atoms with van der Waals surface area (Å²) in [5, 5.41) is 21.4. The molecule has 8 rings (SSSR count). The number of phenolic OH excluding ortho intramolecular Hbond substituents is 2.